The number of hydrogen-bond donors (Lipinski definition) is 0. The van der Waals surface area contributed by atoms with Crippen LogP contribution in [-0.2, 0) is 9.47 Å². The molecule has 1 aliphatic rings. The van der Waals surface area contributed by atoms with Crippen LogP contribution in [0.1, 0.15) is 58.3 Å². The topological polar surface area (TPSA) is 96.5 Å². The van der Waals surface area contributed by atoms with Crippen molar-refractivity contribution < 1.29 is 23.5 Å². The van der Waals surface area contributed by atoms with E-state index in [1.807, 2.05) is 0 Å². The van der Waals surface area contributed by atoms with Gasteiger partial charge in [0.1, 0.15) is 17.4 Å². The molecule has 0 amide bonds. The molecule has 128 valence electrons. The van der Waals surface area contributed by atoms with E-state index in [2.05, 4.69) is 15.0 Å². The lowest BCUT2D eigenvalue weighted by Gasteiger charge is -2.30. The zero-order valence-electron chi connectivity index (χ0n) is 13.6. The van der Waals surface area contributed by atoms with Gasteiger partial charge in [-0.3, -0.25) is 0 Å². The standard InChI is InChI=1S/C16H19N3O5/c1-10-11(7-8-23-10)15(20)24-14-6-4-3-5-13(14)19-9-12(17-18-19)16(21)22-2/h7-9,13-14H,3-6H2,1-2H3/t13-,14+/m0/s1. The van der Waals surface area contributed by atoms with Crippen molar-refractivity contribution in [2.45, 2.75) is 44.8 Å². The summed E-state index contributed by atoms with van der Waals surface area (Å²) in [7, 11) is 1.29. The Labute approximate surface area is 138 Å². The van der Waals surface area contributed by atoms with Crippen LogP contribution in [0.15, 0.2) is 22.9 Å². The molecule has 2 atom stereocenters. The molecule has 2 heterocycles. The summed E-state index contributed by atoms with van der Waals surface area (Å²) in [6.45, 7) is 1.72. The van der Waals surface area contributed by atoms with Crippen LogP contribution in [-0.4, -0.2) is 40.1 Å². The Balaban J connectivity index is 1.76. The third-order valence-electron chi connectivity index (χ3n) is 4.25. The van der Waals surface area contributed by atoms with Crippen LogP contribution < -0.4 is 0 Å². The van der Waals surface area contributed by atoms with E-state index < -0.39 is 11.9 Å². The highest BCUT2D eigenvalue weighted by Gasteiger charge is 2.32. The molecule has 0 radical (unpaired) electrons. The van der Waals surface area contributed by atoms with Crippen molar-refractivity contribution in [2.75, 3.05) is 7.11 Å². The smallest absolute Gasteiger partial charge is 0.360 e. The minimum absolute atomic E-state index is 0.138. The van der Waals surface area contributed by atoms with Gasteiger partial charge in [-0.15, -0.1) is 5.10 Å². The molecule has 1 saturated carbocycles. The molecule has 0 aromatic carbocycles. The summed E-state index contributed by atoms with van der Waals surface area (Å²) in [5.74, 6) is -0.424. The highest BCUT2D eigenvalue weighted by molar-refractivity contribution is 5.90. The van der Waals surface area contributed by atoms with Crippen LogP contribution in [0.2, 0.25) is 0 Å². The third kappa shape index (κ3) is 3.17. The Morgan fingerprint density at radius 3 is 2.79 bits per heavy atom. The summed E-state index contributed by atoms with van der Waals surface area (Å²) in [6, 6.07) is 1.45. The molecule has 8 heteroatoms. The average Bonchev–Trinajstić information content (AvgIpc) is 3.23. The van der Waals surface area contributed by atoms with Gasteiger partial charge in [0.15, 0.2) is 5.69 Å². The number of rotatable bonds is 4. The van der Waals surface area contributed by atoms with E-state index in [4.69, 9.17) is 9.15 Å². The number of methoxy groups -OCH3 is 1. The minimum atomic E-state index is -0.542. The number of esters is 2. The molecule has 2 aromatic heterocycles. The summed E-state index contributed by atoms with van der Waals surface area (Å²) >= 11 is 0. The molecule has 2 aromatic rings. The first-order chi connectivity index (χ1) is 11.6. The first-order valence-electron chi connectivity index (χ1n) is 7.85. The Morgan fingerprint density at radius 1 is 1.29 bits per heavy atom. The monoisotopic (exact) mass is 333 g/mol. The molecule has 24 heavy (non-hydrogen) atoms. The van der Waals surface area contributed by atoms with Crippen LogP contribution in [0, 0.1) is 6.92 Å². The number of carbonyl (C=O) groups excluding carboxylic acids is 2. The summed E-state index contributed by atoms with van der Waals surface area (Å²) in [4.78, 5) is 23.9. The highest BCUT2D eigenvalue weighted by atomic mass is 16.5. The molecule has 0 aliphatic heterocycles. The number of furan rings is 1. The molecule has 0 N–H and O–H groups in total. The van der Waals surface area contributed by atoms with Gasteiger partial charge in [0, 0.05) is 0 Å². The zero-order chi connectivity index (χ0) is 17.1. The second kappa shape index (κ2) is 6.86. The van der Waals surface area contributed by atoms with Gasteiger partial charge in [0.2, 0.25) is 0 Å². The van der Waals surface area contributed by atoms with Crippen LogP contribution in [0.4, 0.5) is 0 Å². The van der Waals surface area contributed by atoms with Gasteiger partial charge in [0.05, 0.1) is 25.6 Å². The molecule has 0 spiro atoms. The number of hydrogen-bond acceptors (Lipinski definition) is 7. The number of nitrogens with zero attached hydrogens (tertiary/aromatic N) is 3. The Bertz CT molecular complexity index is 736. The normalized spacial score (nSPS) is 20.6. The predicted molar refractivity (Wildman–Crippen MR) is 81.5 cm³/mol. The van der Waals surface area contributed by atoms with Gasteiger partial charge >= 0.3 is 11.9 Å². The lowest BCUT2D eigenvalue weighted by molar-refractivity contribution is 0.00157. The van der Waals surface area contributed by atoms with Crippen molar-refractivity contribution in [1.29, 1.82) is 0 Å². The lowest BCUT2D eigenvalue weighted by atomic mass is 9.92. The van der Waals surface area contributed by atoms with E-state index in [1.165, 1.54) is 19.6 Å². The maximum Gasteiger partial charge on any atom is 0.360 e. The van der Waals surface area contributed by atoms with E-state index >= 15 is 0 Å². The minimum Gasteiger partial charge on any atom is -0.469 e. The van der Waals surface area contributed by atoms with Crippen LogP contribution in [0.25, 0.3) is 0 Å². The molecule has 8 nitrogen and oxygen atoms in total. The van der Waals surface area contributed by atoms with Gasteiger partial charge in [-0.25, -0.2) is 14.3 Å². The lowest BCUT2D eigenvalue weighted by Crippen LogP contribution is -2.32. The van der Waals surface area contributed by atoms with Gasteiger partial charge in [-0.1, -0.05) is 11.6 Å². The van der Waals surface area contributed by atoms with Crippen molar-refractivity contribution >= 4 is 11.9 Å². The maximum absolute atomic E-state index is 12.3. The summed E-state index contributed by atoms with van der Waals surface area (Å²) in [5.41, 5.74) is 0.562. The maximum atomic E-state index is 12.3. The molecule has 0 unspecified atom stereocenters. The van der Waals surface area contributed by atoms with E-state index in [-0.39, 0.29) is 17.8 Å². The number of carbonyl (C=O) groups is 2. The van der Waals surface area contributed by atoms with Crippen LogP contribution >= 0.6 is 0 Å². The van der Waals surface area contributed by atoms with Gasteiger partial charge in [-0.05, 0) is 32.3 Å². The van der Waals surface area contributed by atoms with Crippen molar-refractivity contribution in [1.82, 2.24) is 15.0 Å². The van der Waals surface area contributed by atoms with Gasteiger partial charge in [0.25, 0.3) is 0 Å². The van der Waals surface area contributed by atoms with Crippen molar-refractivity contribution in [3.63, 3.8) is 0 Å². The van der Waals surface area contributed by atoms with Crippen molar-refractivity contribution in [3.05, 3.63) is 35.5 Å². The molecular formula is C16H19N3O5. The van der Waals surface area contributed by atoms with Crippen molar-refractivity contribution in [3.8, 4) is 0 Å². The highest BCUT2D eigenvalue weighted by Crippen LogP contribution is 2.31. The fraction of sp³-hybridized carbons (Fsp3) is 0.500. The van der Waals surface area contributed by atoms with Crippen LogP contribution in [0.3, 0.4) is 0 Å². The molecule has 3 rings (SSSR count). The SMILES string of the molecule is COC(=O)c1cn([C@H]2CCCC[C@H]2OC(=O)c2ccoc2C)nn1. The Kier molecular flexibility index (Phi) is 4.64. The molecule has 0 bridgehead atoms. The first-order valence-corrected chi connectivity index (χ1v) is 7.85. The largest absolute Gasteiger partial charge is 0.469 e. The number of ether oxygens (including phenoxy) is 2. The van der Waals surface area contributed by atoms with E-state index in [1.54, 1.807) is 17.7 Å². The quantitative estimate of drug-likeness (QED) is 0.792. The zero-order valence-corrected chi connectivity index (χ0v) is 13.6. The molecular weight excluding hydrogens is 314 g/mol. The number of aryl methyl sites for hydroxylation is 1. The third-order valence-corrected chi connectivity index (χ3v) is 4.25. The first kappa shape index (κ1) is 16.2. The summed E-state index contributed by atoms with van der Waals surface area (Å²) in [5, 5.41) is 7.83. The van der Waals surface area contributed by atoms with E-state index in [0.717, 1.165) is 25.7 Å². The Morgan fingerprint density at radius 2 is 2.08 bits per heavy atom. The second-order valence-corrected chi connectivity index (χ2v) is 5.76. The van der Waals surface area contributed by atoms with Gasteiger partial charge in [-0.2, -0.15) is 0 Å². The van der Waals surface area contributed by atoms with Crippen molar-refractivity contribution in [2.24, 2.45) is 0 Å². The fourth-order valence-electron chi connectivity index (χ4n) is 2.95. The predicted octanol–water partition coefficient (Wildman–Crippen LogP) is 2.31. The molecule has 1 aliphatic carbocycles. The summed E-state index contributed by atoms with van der Waals surface area (Å²) in [6.07, 6.45) is 6.17. The fourth-order valence-corrected chi connectivity index (χ4v) is 2.95. The van der Waals surface area contributed by atoms with E-state index in [9.17, 15) is 9.59 Å². The molecule has 0 saturated heterocycles. The summed E-state index contributed by atoms with van der Waals surface area (Å²) < 4.78 is 17.1. The van der Waals surface area contributed by atoms with E-state index in [0.29, 0.717) is 11.3 Å². The number of aromatic nitrogens is 3. The average molecular weight is 333 g/mol. The van der Waals surface area contributed by atoms with Crippen LogP contribution in [0.5, 0.6) is 0 Å². The molecule has 1 fully saturated rings. The van der Waals surface area contributed by atoms with Gasteiger partial charge < -0.3 is 13.9 Å². The Hall–Kier alpha value is -2.64. The second-order valence-electron chi connectivity index (χ2n) is 5.76.